The largest absolute Gasteiger partial charge is 0.495 e. The fraction of sp³-hybridized carbons (Fsp3) is 0.500. The van der Waals surface area contributed by atoms with Crippen LogP contribution >= 0.6 is 0 Å². The lowest BCUT2D eigenvalue weighted by Crippen LogP contribution is -2.46. The van der Waals surface area contributed by atoms with Gasteiger partial charge in [-0.15, -0.1) is 0 Å². The molecule has 0 spiro atoms. The van der Waals surface area contributed by atoms with Crippen molar-refractivity contribution in [3.05, 3.63) is 48.2 Å². The number of sulfonamides is 1. The summed E-state index contributed by atoms with van der Waals surface area (Å²) in [4.78, 5) is 2.04. The monoisotopic (exact) mass is 685 g/mol. The Kier molecular flexibility index (Phi) is 10.2. The van der Waals surface area contributed by atoms with E-state index in [9.17, 15) is 34.8 Å². The number of aromatic nitrogens is 1. The third-order valence-electron chi connectivity index (χ3n) is 8.93. The van der Waals surface area contributed by atoms with Crippen LogP contribution < -0.4 is 20.5 Å². The molecule has 5 rings (SSSR count). The van der Waals surface area contributed by atoms with Crippen molar-refractivity contribution in [1.82, 2.24) is 9.47 Å². The number of fused-ring (bicyclic) bond motifs is 1. The molecule has 2 fully saturated rings. The third kappa shape index (κ3) is 8.65. The molecule has 4 N–H and O–H groups in total. The Morgan fingerprint density at radius 1 is 0.957 bits per heavy atom. The van der Waals surface area contributed by atoms with Crippen molar-refractivity contribution in [3.63, 3.8) is 0 Å². The molecule has 0 amide bonds. The highest BCUT2D eigenvalue weighted by molar-refractivity contribution is 7.89. The molecular weight excluding hydrogens is 648 g/mol. The molecule has 0 radical (unpaired) electrons. The maximum Gasteiger partial charge on any atom is 0.406 e. The smallest absolute Gasteiger partial charge is 0.406 e. The van der Waals surface area contributed by atoms with Crippen LogP contribution in [0.1, 0.15) is 44.2 Å². The number of alkyl halides is 6. The number of hydrogen-bond donors (Lipinski definition) is 3. The Bertz CT molecular complexity index is 1730. The topological polar surface area (TPSA) is 102 Å². The Balaban J connectivity index is 1.28. The molecule has 2 aromatic carbocycles. The van der Waals surface area contributed by atoms with Crippen molar-refractivity contribution in [3.8, 4) is 17.6 Å². The summed E-state index contributed by atoms with van der Waals surface area (Å²) < 4.78 is 110. The van der Waals surface area contributed by atoms with Gasteiger partial charge in [0, 0.05) is 29.2 Å². The van der Waals surface area contributed by atoms with E-state index in [1.165, 1.54) is 25.3 Å². The van der Waals surface area contributed by atoms with E-state index in [1.807, 2.05) is 6.07 Å². The van der Waals surface area contributed by atoms with Gasteiger partial charge >= 0.3 is 12.4 Å². The number of primary sulfonamides is 1. The number of rotatable bonds is 8. The van der Waals surface area contributed by atoms with E-state index in [4.69, 9.17) is 9.88 Å². The lowest BCUT2D eigenvalue weighted by atomic mass is 9.87. The zero-order chi connectivity index (χ0) is 34.0. The van der Waals surface area contributed by atoms with E-state index in [0.29, 0.717) is 35.4 Å². The molecular formula is C32H37F6N5O3S. The molecule has 2 heterocycles. The fourth-order valence-corrected chi connectivity index (χ4v) is 7.06. The van der Waals surface area contributed by atoms with E-state index in [0.717, 1.165) is 30.3 Å². The van der Waals surface area contributed by atoms with Gasteiger partial charge in [-0.2, -0.15) is 26.3 Å². The van der Waals surface area contributed by atoms with Crippen LogP contribution in [0.2, 0.25) is 0 Å². The second kappa shape index (κ2) is 13.9. The normalized spacial score (nSPS) is 20.1. The van der Waals surface area contributed by atoms with Gasteiger partial charge in [0.1, 0.15) is 12.3 Å². The summed E-state index contributed by atoms with van der Waals surface area (Å²) in [6.07, 6.45) is -5.12. The molecule has 0 unspecified atom stereocenters. The highest BCUT2D eigenvalue weighted by Gasteiger charge is 2.42. The summed E-state index contributed by atoms with van der Waals surface area (Å²) in [6.45, 7) is -0.315. The van der Waals surface area contributed by atoms with Gasteiger partial charge < -0.3 is 24.8 Å². The zero-order valence-electron chi connectivity index (χ0n) is 25.7. The summed E-state index contributed by atoms with van der Waals surface area (Å²) in [5, 5.41) is 12.3. The number of halogens is 6. The summed E-state index contributed by atoms with van der Waals surface area (Å²) in [5.41, 5.74) is 1.68. The first kappa shape index (κ1) is 34.7. The summed E-state index contributed by atoms with van der Waals surface area (Å²) in [6, 6.07) is 11.1. The first-order chi connectivity index (χ1) is 22.1. The van der Waals surface area contributed by atoms with Gasteiger partial charge in [-0.3, -0.25) is 0 Å². The molecule has 8 nitrogen and oxygen atoms in total. The average molecular weight is 686 g/mol. The van der Waals surface area contributed by atoms with Crippen LogP contribution in [0.25, 0.3) is 10.9 Å². The van der Waals surface area contributed by atoms with Crippen molar-refractivity contribution in [1.29, 1.82) is 0 Å². The number of nitrogens with two attached hydrogens (primary N) is 1. The highest BCUT2D eigenvalue weighted by Crippen LogP contribution is 2.37. The van der Waals surface area contributed by atoms with Gasteiger partial charge in [-0.05, 0) is 87.9 Å². The van der Waals surface area contributed by atoms with Crippen LogP contribution in [0.4, 0.5) is 37.7 Å². The van der Waals surface area contributed by atoms with Crippen LogP contribution in [-0.2, 0) is 16.6 Å². The molecule has 1 aromatic heterocycles. The molecule has 0 bridgehead atoms. The number of piperidine rings is 1. The van der Waals surface area contributed by atoms with Crippen molar-refractivity contribution in [2.24, 2.45) is 11.1 Å². The number of benzene rings is 2. The Morgan fingerprint density at radius 2 is 1.66 bits per heavy atom. The molecule has 0 atom stereocenters. The SMILES string of the molecule is COc1cc(S(N)(=O)=O)ccc1NCC#Cc1cc2c(N[C@H]3CC[C@H](N4CCC(C(F)(F)F)CC4)CC3)cccc2n1CC(F)(F)F. The Hall–Kier alpha value is -3.61. The second-order valence-corrected chi connectivity index (χ2v) is 13.6. The predicted molar refractivity (Wildman–Crippen MR) is 168 cm³/mol. The number of hydrogen-bond acceptors (Lipinski definition) is 6. The van der Waals surface area contributed by atoms with Crippen LogP contribution in [0.5, 0.6) is 5.75 Å². The summed E-state index contributed by atoms with van der Waals surface area (Å²) >= 11 is 0. The molecule has 256 valence electrons. The highest BCUT2D eigenvalue weighted by atomic mass is 32.2. The van der Waals surface area contributed by atoms with Gasteiger partial charge in [-0.25, -0.2) is 13.6 Å². The molecule has 1 saturated carbocycles. The number of nitrogens with zero attached hydrogens (tertiary/aromatic N) is 2. The van der Waals surface area contributed by atoms with E-state index >= 15 is 0 Å². The first-order valence-corrected chi connectivity index (χ1v) is 16.9. The van der Waals surface area contributed by atoms with Gasteiger partial charge in [0.2, 0.25) is 10.0 Å². The molecule has 1 aliphatic carbocycles. The van der Waals surface area contributed by atoms with Gasteiger partial charge in [-0.1, -0.05) is 12.0 Å². The number of methoxy groups -OCH3 is 1. The van der Waals surface area contributed by atoms with E-state index in [1.54, 1.807) is 18.2 Å². The number of ether oxygens (including phenoxy) is 1. The molecule has 3 aromatic rings. The second-order valence-electron chi connectivity index (χ2n) is 12.0. The van der Waals surface area contributed by atoms with E-state index < -0.39 is 34.8 Å². The third-order valence-corrected chi connectivity index (χ3v) is 9.84. The quantitative estimate of drug-likeness (QED) is 0.190. The molecule has 1 saturated heterocycles. The Labute approximate surface area is 269 Å². The van der Waals surface area contributed by atoms with E-state index in [2.05, 4.69) is 27.4 Å². The van der Waals surface area contributed by atoms with Crippen molar-refractivity contribution >= 4 is 32.3 Å². The van der Waals surface area contributed by atoms with Crippen molar-refractivity contribution < 1.29 is 39.5 Å². The predicted octanol–water partition coefficient (Wildman–Crippen LogP) is 6.32. The number of nitrogens with one attached hydrogen (secondary N) is 2. The lowest BCUT2D eigenvalue weighted by Gasteiger charge is -2.41. The number of anilines is 2. The minimum atomic E-state index is -4.49. The number of likely N-dealkylation sites (tertiary alicyclic amines) is 1. The van der Waals surface area contributed by atoms with Crippen molar-refractivity contribution in [2.75, 3.05) is 37.4 Å². The van der Waals surface area contributed by atoms with Gasteiger partial charge in [0.15, 0.2) is 0 Å². The fourth-order valence-electron chi connectivity index (χ4n) is 6.53. The van der Waals surface area contributed by atoms with Gasteiger partial charge in [0.25, 0.3) is 0 Å². The summed E-state index contributed by atoms with van der Waals surface area (Å²) in [7, 11) is -2.58. The van der Waals surface area contributed by atoms with Crippen LogP contribution in [0.15, 0.2) is 47.4 Å². The average Bonchev–Trinajstić information content (AvgIpc) is 3.35. The minimum absolute atomic E-state index is 0.0286. The van der Waals surface area contributed by atoms with Crippen LogP contribution in [-0.4, -0.2) is 69.1 Å². The van der Waals surface area contributed by atoms with Crippen molar-refractivity contribution in [2.45, 2.75) is 74.4 Å². The zero-order valence-corrected chi connectivity index (χ0v) is 26.5. The molecule has 15 heteroatoms. The maximum atomic E-state index is 13.7. The molecule has 2 aliphatic rings. The lowest BCUT2D eigenvalue weighted by molar-refractivity contribution is -0.186. The van der Waals surface area contributed by atoms with Crippen LogP contribution in [0.3, 0.4) is 0 Å². The maximum absolute atomic E-state index is 13.7. The Morgan fingerprint density at radius 3 is 2.28 bits per heavy atom. The molecule has 1 aliphatic heterocycles. The van der Waals surface area contributed by atoms with E-state index in [-0.39, 0.29) is 47.8 Å². The van der Waals surface area contributed by atoms with Gasteiger partial charge in [0.05, 0.1) is 41.4 Å². The van der Waals surface area contributed by atoms with Crippen LogP contribution in [0, 0.1) is 17.8 Å². The molecule has 47 heavy (non-hydrogen) atoms. The standard InChI is InChI=1S/C32H37F6N5O3S/c1-46-30-19-25(47(39,44)45)11-12-28(30)40-15-3-4-24-18-26-27(5-2-6-29(26)43(24)20-31(33,34)35)41-22-7-9-23(10-8-22)42-16-13-21(14-17-42)32(36,37)38/h2,5-6,11-12,18-19,21-23,40-41H,7-10,13-17,20H2,1H3,(H2,39,44,45)/t22-,23-. The first-order valence-electron chi connectivity index (χ1n) is 15.3. The summed E-state index contributed by atoms with van der Waals surface area (Å²) in [5.74, 6) is 4.67. The minimum Gasteiger partial charge on any atom is -0.495 e.